The van der Waals surface area contributed by atoms with Crippen LogP contribution in [0.2, 0.25) is 0 Å². The number of carbonyl (C=O) groups excluding carboxylic acids is 5. The van der Waals surface area contributed by atoms with Crippen molar-refractivity contribution < 1.29 is 167 Å². The van der Waals surface area contributed by atoms with Crippen LogP contribution in [0, 0.1) is 17.8 Å². The summed E-state index contributed by atoms with van der Waals surface area (Å²) in [7, 11) is 0. The van der Waals surface area contributed by atoms with Gasteiger partial charge in [0.15, 0.2) is 5.78 Å². The predicted molar refractivity (Wildman–Crippen MR) is 477 cm³/mol. The van der Waals surface area contributed by atoms with E-state index in [0.29, 0.717) is 343 Å². The molecule has 0 aromatic carbocycles. The number of nitrogens with one attached hydrogen (secondary N) is 2. The van der Waals surface area contributed by atoms with Crippen molar-refractivity contribution in [2.75, 3.05) is 324 Å². The lowest BCUT2D eigenvalue weighted by molar-refractivity contribution is -0.145. The average Bonchev–Trinajstić information content (AvgIpc) is 0.865. The van der Waals surface area contributed by atoms with Crippen molar-refractivity contribution in [2.24, 2.45) is 17.8 Å². The number of carboxylic acid groups (broad SMARTS) is 3. The topological polar surface area (TPSA) is 443 Å². The van der Waals surface area contributed by atoms with E-state index in [4.69, 9.17) is 119 Å². The first-order valence-corrected chi connectivity index (χ1v) is 47.9. The molecule has 1 aliphatic rings. The summed E-state index contributed by atoms with van der Waals surface area (Å²) in [5.41, 5.74) is 0. The summed E-state index contributed by atoms with van der Waals surface area (Å²) in [5, 5.41) is 33.7. The average molecular weight is 1860 g/mol. The minimum absolute atomic E-state index is 0.0263. The standard InChI is InChI=1S/C92H170N2O35/c1-81(95)30-32-107-34-36-109-38-40-111-42-44-113-46-48-115-50-52-117-54-56-119-58-60-121-62-64-123-66-68-125-70-72-127-74-76-129-78-77-128-75-73-126-71-69-124-67-65-122-63-61-120-59-57-118-55-53-116-51-49-114-47-45-112-43-41-110-39-37-108-35-33-106-31-18-19-86(96)85(27-29-91(102)103)94-89(99)28-26-84(92(104)105)79-87(97)83-24-22-82(23-25-83)80-93-88(98)20-16-14-12-10-8-6-4-2-3-5-7-9-11-13-15-17-21-90(100)101/h82-85H,2-80H2,1H3,(H,93,98)(H,94,99)(H,100,101)(H,102,103)(H,104,105). The summed E-state index contributed by atoms with van der Waals surface area (Å²) in [5.74, 6) is -5.08. The number of carboxylic acids is 3. The van der Waals surface area contributed by atoms with E-state index in [9.17, 15) is 48.6 Å². The number of ketones is 3. The molecule has 0 bridgehead atoms. The number of rotatable bonds is 109. The summed E-state index contributed by atoms with van der Waals surface area (Å²) in [6.07, 6.45) is 21.7. The second-order valence-electron chi connectivity index (χ2n) is 31.1. The molecule has 2 unspecified atom stereocenters. The van der Waals surface area contributed by atoms with Crippen LogP contribution in [0.5, 0.6) is 0 Å². The Morgan fingerprint density at radius 2 is 0.504 bits per heavy atom. The highest BCUT2D eigenvalue weighted by atomic mass is 16.6. The molecule has 758 valence electrons. The van der Waals surface area contributed by atoms with E-state index in [1.165, 1.54) is 64.2 Å². The van der Waals surface area contributed by atoms with Gasteiger partial charge in [-0.05, 0) is 70.6 Å². The maximum Gasteiger partial charge on any atom is 0.306 e. The van der Waals surface area contributed by atoms with E-state index < -0.39 is 35.8 Å². The number of carbonyl (C=O) groups is 8. The first kappa shape index (κ1) is 122. The molecule has 0 saturated heterocycles. The minimum atomic E-state index is -1.19. The highest BCUT2D eigenvalue weighted by Gasteiger charge is 2.31. The van der Waals surface area contributed by atoms with Gasteiger partial charge in [0.25, 0.3) is 0 Å². The largest absolute Gasteiger partial charge is 0.481 e. The summed E-state index contributed by atoms with van der Waals surface area (Å²) in [4.78, 5) is 97.2. The second kappa shape index (κ2) is 99.4. The molecule has 129 heavy (non-hydrogen) atoms. The van der Waals surface area contributed by atoms with Crippen molar-refractivity contribution in [1.29, 1.82) is 0 Å². The van der Waals surface area contributed by atoms with E-state index in [2.05, 4.69) is 10.6 Å². The van der Waals surface area contributed by atoms with Crippen LogP contribution in [0.3, 0.4) is 0 Å². The van der Waals surface area contributed by atoms with E-state index in [1.807, 2.05) is 0 Å². The molecule has 1 saturated carbocycles. The fourth-order valence-corrected chi connectivity index (χ4v) is 12.8. The predicted octanol–water partition coefficient (Wildman–Crippen LogP) is 8.53. The molecule has 5 N–H and O–H groups in total. The van der Waals surface area contributed by atoms with Crippen molar-refractivity contribution in [1.82, 2.24) is 10.6 Å². The molecular weight excluding hydrogens is 1690 g/mol. The van der Waals surface area contributed by atoms with Gasteiger partial charge in [-0.15, -0.1) is 0 Å². The van der Waals surface area contributed by atoms with Crippen molar-refractivity contribution in [3.63, 3.8) is 0 Å². The summed E-state index contributed by atoms with van der Waals surface area (Å²) < 4.78 is 132. The van der Waals surface area contributed by atoms with Crippen molar-refractivity contribution in [2.45, 2.75) is 206 Å². The van der Waals surface area contributed by atoms with Gasteiger partial charge in [0.2, 0.25) is 11.8 Å². The third kappa shape index (κ3) is 93.6. The van der Waals surface area contributed by atoms with Gasteiger partial charge in [-0.3, -0.25) is 38.4 Å². The van der Waals surface area contributed by atoms with Crippen LogP contribution in [-0.4, -0.2) is 392 Å². The number of Topliss-reactive ketones (excluding diaryl/α,β-unsaturated/α-hetero) is 3. The van der Waals surface area contributed by atoms with E-state index in [0.717, 1.165) is 51.4 Å². The highest BCUT2D eigenvalue weighted by Crippen LogP contribution is 2.31. The van der Waals surface area contributed by atoms with Crippen LogP contribution in [-0.2, 0) is 152 Å². The molecule has 0 aromatic rings. The van der Waals surface area contributed by atoms with Crippen LogP contribution in [0.4, 0.5) is 0 Å². The van der Waals surface area contributed by atoms with Crippen LogP contribution < -0.4 is 10.6 Å². The molecular formula is C92H170N2O35. The van der Waals surface area contributed by atoms with Gasteiger partial charge in [-0.1, -0.05) is 89.9 Å². The minimum Gasteiger partial charge on any atom is -0.481 e. The Balaban J connectivity index is 1.81. The SMILES string of the molecule is CC(=O)CCOCCOCCOCCOCCOCCOCCOCCOCCOCCOCCOCCOCCOCCOCCOCCOCCOCCOCCOCCOCCOCCOCCOCCOCCCC(=O)C(CCC(=O)O)NC(=O)CCC(CC(=O)C1CCC(CNC(=O)CCCCCCCCCCCCCCCCCCC(=O)O)CC1)C(=O)O. The maximum absolute atomic E-state index is 13.3. The summed E-state index contributed by atoms with van der Waals surface area (Å²) >= 11 is 0. The van der Waals surface area contributed by atoms with Crippen molar-refractivity contribution in [3.05, 3.63) is 0 Å². The Labute approximate surface area is 768 Å². The van der Waals surface area contributed by atoms with Crippen LogP contribution in [0.25, 0.3) is 0 Å². The smallest absolute Gasteiger partial charge is 0.306 e. The molecule has 1 fully saturated rings. The molecule has 2 atom stereocenters. The number of unbranched alkanes of at least 4 members (excludes halogenated alkanes) is 15. The number of aliphatic carboxylic acids is 3. The third-order valence-electron chi connectivity index (χ3n) is 20.2. The van der Waals surface area contributed by atoms with Crippen molar-refractivity contribution >= 4 is 47.1 Å². The quantitative estimate of drug-likeness (QED) is 0.0356. The maximum atomic E-state index is 13.3. The molecule has 1 aliphatic carbocycles. The molecule has 0 aliphatic heterocycles. The normalized spacial score (nSPS) is 13.9. The van der Waals surface area contributed by atoms with Crippen molar-refractivity contribution in [3.8, 4) is 0 Å². The molecule has 1 rings (SSSR count). The summed E-state index contributed by atoms with van der Waals surface area (Å²) in [6, 6.07) is -1.07. The third-order valence-corrected chi connectivity index (χ3v) is 20.2. The lowest BCUT2D eigenvalue weighted by Crippen LogP contribution is -2.41. The van der Waals surface area contributed by atoms with Gasteiger partial charge in [0.1, 0.15) is 11.6 Å². The molecule has 0 radical (unpaired) electrons. The van der Waals surface area contributed by atoms with Crippen LogP contribution >= 0.6 is 0 Å². The Morgan fingerprint density at radius 3 is 0.760 bits per heavy atom. The fraction of sp³-hybridized carbons (Fsp3) is 0.913. The van der Waals surface area contributed by atoms with Gasteiger partial charge in [-0.25, -0.2) is 0 Å². The molecule has 2 amide bonds. The first-order chi connectivity index (χ1) is 63.3. The van der Waals surface area contributed by atoms with Gasteiger partial charge in [-0.2, -0.15) is 0 Å². The highest BCUT2D eigenvalue weighted by molar-refractivity contribution is 5.90. The van der Waals surface area contributed by atoms with Gasteiger partial charge in [0.05, 0.1) is 322 Å². The Bertz CT molecular complexity index is 2510. The lowest BCUT2D eigenvalue weighted by Gasteiger charge is -2.28. The van der Waals surface area contributed by atoms with Gasteiger partial charge < -0.3 is 140 Å². The number of hydrogen-bond acceptors (Lipinski definition) is 32. The fourth-order valence-electron chi connectivity index (χ4n) is 12.8. The van der Waals surface area contributed by atoms with Gasteiger partial charge in [0, 0.05) is 64.0 Å². The van der Waals surface area contributed by atoms with Gasteiger partial charge >= 0.3 is 17.9 Å². The lowest BCUT2D eigenvalue weighted by atomic mass is 9.78. The zero-order valence-corrected chi connectivity index (χ0v) is 78.6. The first-order valence-electron chi connectivity index (χ1n) is 47.9. The Morgan fingerprint density at radius 1 is 0.256 bits per heavy atom. The van der Waals surface area contributed by atoms with E-state index in [1.54, 1.807) is 6.92 Å². The second-order valence-corrected chi connectivity index (χ2v) is 31.1. The Kier molecular flexibility index (Phi) is 94.3. The molecule has 0 spiro atoms. The zero-order chi connectivity index (χ0) is 93.2. The van der Waals surface area contributed by atoms with Crippen LogP contribution in [0.15, 0.2) is 0 Å². The van der Waals surface area contributed by atoms with E-state index in [-0.39, 0.29) is 93.3 Å². The zero-order valence-electron chi connectivity index (χ0n) is 78.6. The summed E-state index contributed by atoms with van der Waals surface area (Å²) in [6.45, 7) is 23.3. The molecule has 0 aromatic heterocycles. The molecule has 37 nitrogen and oxygen atoms in total. The van der Waals surface area contributed by atoms with Crippen LogP contribution in [0.1, 0.15) is 200 Å². The molecule has 37 heteroatoms. The molecule has 0 heterocycles. The number of ether oxygens (including phenoxy) is 24. The Hall–Kier alpha value is -4.60. The monoisotopic (exact) mass is 1860 g/mol. The number of hydrogen-bond donors (Lipinski definition) is 5. The number of amides is 2. The van der Waals surface area contributed by atoms with E-state index >= 15 is 0 Å².